The number of rotatable bonds is 7. The van der Waals surface area contributed by atoms with Crippen LogP contribution in [0.1, 0.15) is 0 Å². The summed E-state index contributed by atoms with van der Waals surface area (Å²) in [6, 6.07) is 4.48. The molecular formula is C11H16N2O5. The Labute approximate surface area is 105 Å². The van der Waals surface area contributed by atoms with Crippen LogP contribution in [0.2, 0.25) is 0 Å². The summed E-state index contributed by atoms with van der Waals surface area (Å²) in [4.78, 5) is 10.4. The third-order valence-corrected chi connectivity index (χ3v) is 2.39. The van der Waals surface area contributed by atoms with Crippen molar-refractivity contribution < 1.29 is 19.1 Å². The van der Waals surface area contributed by atoms with E-state index in [4.69, 9.17) is 14.2 Å². The lowest BCUT2D eigenvalue weighted by molar-refractivity contribution is -0.384. The van der Waals surface area contributed by atoms with Crippen LogP contribution in [0.25, 0.3) is 0 Å². The molecule has 1 rings (SSSR count). The van der Waals surface area contributed by atoms with Gasteiger partial charge in [0.15, 0.2) is 6.29 Å². The molecule has 1 aromatic rings. The molecule has 0 aliphatic heterocycles. The van der Waals surface area contributed by atoms with Gasteiger partial charge in [0.1, 0.15) is 11.4 Å². The molecule has 0 saturated heterocycles. The number of ether oxygens (including phenoxy) is 3. The van der Waals surface area contributed by atoms with Gasteiger partial charge < -0.3 is 19.5 Å². The minimum Gasteiger partial charge on any atom is -0.497 e. The highest BCUT2D eigenvalue weighted by atomic mass is 16.7. The smallest absolute Gasteiger partial charge is 0.292 e. The summed E-state index contributed by atoms with van der Waals surface area (Å²) in [6.07, 6.45) is -0.476. The minimum atomic E-state index is -0.476. The van der Waals surface area contributed by atoms with Crippen LogP contribution in [0.4, 0.5) is 11.4 Å². The predicted molar refractivity (Wildman–Crippen MR) is 65.9 cm³/mol. The van der Waals surface area contributed by atoms with E-state index in [-0.39, 0.29) is 5.69 Å². The van der Waals surface area contributed by atoms with Gasteiger partial charge in [0, 0.05) is 26.4 Å². The summed E-state index contributed by atoms with van der Waals surface area (Å²) in [7, 11) is 4.49. The number of nitrogens with zero attached hydrogens (tertiary/aromatic N) is 1. The summed E-state index contributed by atoms with van der Waals surface area (Å²) < 4.78 is 15.0. The number of anilines is 1. The first-order valence-electron chi connectivity index (χ1n) is 5.24. The lowest BCUT2D eigenvalue weighted by Crippen LogP contribution is -2.23. The van der Waals surface area contributed by atoms with Gasteiger partial charge in [0.2, 0.25) is 0 Å². The summed E-state index contributed by atoms with van der Waals surface area (Å²) in [6.45, 7) is 0.293. The summed E-state index contributed by atoms with van der Waals surface area (Å²) in [5.74, 6) is 0.537. The molecule has 0 bridgehead atoms. The van der Waals surface area contributed by atoms with Crippen molar-refractivity contribution in [2.45, 2.75) is 6.29 Å². The second kappa shape index (κ2) is 6.77. The fourth-order valence-corrected chi connectivity index (χ4v) is 1.40. The van der Waals surface area contributed by atoms with Crippen LogP contribution in [0.15, 0.2) is 18.2 Å². The molecule has 0 spiro atoms. The van der Waals surface area contributed by atoms with E-state index in [9.17, 15) is 10.1 Å². The monoisotopic (exact) mass is 256 g/mol. The molecule has 7 heteroatoms. The van der Waals surface area contributed by atoms with Gasteiger partial charge in [-0.1, -0.05) is 0 Å². The Morgan fingerprint density at radius 2 is 2.00 bits per heavy atom. The molecule has 18 heavy (non-hydrogen) atoms. The standard InChI is InChI=1S/C11H16N2O5/c1-16-8-4-5-10(13(14)15)9(6-8)12-7-11(17-2)18-3/h4-6,11-12H,7H2,1-3H3. The number of hydrogen-bond donors (Lipinski definition) is 1. The highest BCUT2D eigenvalue weighted by molar-refractivity contribution is 5.64. The molecule has 0 aromatic heterocycles. The van der Waals surface area contributed by atoms with Gasteiger partial charge in [-0.05, 0) is 6.07 Å². The Hall–Kier alpha value is -1.86. The zero-order valence-electron chi connectivity index (χ0n) is 10.5. The third kappa shape index (κ3) is 3.57. The van der Waals surface area contributed by atoms with E-state index in [0.29, 0.717) is 18.0 Å². The number of benzene rings is 1. The number of methoxy groups -OCH3 is 3. The van der Waals surface area contributed by atoms with Crippen LogP contribution < -0.4 is 10.1 Å². The number of nitrogens with one attached hydrogen (secondary N) is 1. The van der Waals surface area contributed by atoms with Crippen molar-refractivity contribution in [1.82, 2.24) is 0 Å². The molecule has 7 nitrogen and oxygen atoms in total. The normalized spacial score (nSPS) is 10.4. The predicted octanol–water partition coefficient (Wildman–Crippen LogP) is 1.63. The average Bonchev–Trinajstić information content (AvgIpc) is 2.39. The van der Waals surface area contributed by atoms with Crippen LogP contribution in [0, 0.1) is 10.1 Å². The number of hydrogen-bond acceptors (Lipinski definition) is 6. The zero-order chi connectivity index (χ0) is 13.5. The first kappa shape index (κ1) is 14.2. The van der Waals surface area contributed by atoms with Gasteiger partial charge >= 0.3 is 0 Å². The summed E-state index contributed by atoms with van der Waals surface area (Å²) in [5, 5.41) is 13.8. The van der Waals surface area contributed by atoms with Gasteiger partial charge in [-0.3, -0.25) is 10.1 Å². The Kier molecular flexibility index (Phi) is 5.34. The van der Waals surface area contributed by atoms with Crippen LogP contribution in [0.3, 0.4) is 0 Å². The van der Waals surface area contributed by atoms with Crippen LogP contribution in [-0.2, 0) is 9.47 Å². The van der Waals surface area contributed by atoms with Gasteiger partial charge in [-0.15, -0.1) is 0 Å². The molecule has 0 heterocycles. The zero-order valence-corrected chi connectivity index (χ0v) is 10.5. The van der Waals surface area contributed by atoms with Crippen LogP contribution in [-0.4, -0.2) is 39.1 Å². The van der Waals surface area contributed by atoms with Gasteiger partial charge in [-0.2, -0.15) is 0 Å². The Bertz CT molecular complexity index is 406. The molecule has 0 saturated carbocycles. The van der Waals surface area contributed by atoms with Crippen molar-refractivity contribution in [1.29, 1.82) is 0 Å². The maximum Gasteiger partial charge on any atom is 0.292 e. The van der Waals surface area contributed by atoms with Gasteiger partial charge in [-0.25, -0.2) is 0 Å². The van der Waals surface area contributed by atoms with Crippen molar-refractivity contribution in [2.75, 3.05) is 33.2 Å². The molecule has 0 atom stereocenters. The average molecular weight is 256 g/mol. The van der Waals surface area contributed by atoms with Crippen molar-refractivity contribution >= 4 is 11.4 Å². The van der Waals surface area contributed by atoms with Crippen molar-refractivity contribution in [3.63, 3.8) is 0 Å². The van der Waals surface area contributed by atoms with Crippen LogP contribution >= 0.6 is 0 Å². The van der Waals surface area contributed by atoms with Crippen molar-refractivity contribution in [3.05, 3.63) is 28.3 Å². The minimum absolute atomic E-state index is 0.0262. The second-order valence-corrected chi connectivity index (χ2v) is 3.42. The van der Waals surface area contributed by atoms with E-state index in [2.05, 4.69) is 5.32 Å². The SMILES string of the molecule is COc1ccc([N+](=O)[O-])c(NCC(OC)OC)c1. The largest absolute Gasteiger partial charge is 0.497 e. The highest BCUT2D eigenvalue weighted by Crippen LogP contribution is 2.28. The summed E-state index contributed by atoms with van der Waals surface area (Å²) in [5.41, 5.74) is 0.334. The molecular weight excluding hydrogens is 240 g/mol. The van der Waals surface area contributed by atoms with E-state index < -0.39 is 11.2 Å². The molecule has 0 fully saturated rings. The molecule has 0 aliphatic rings. The fourth-order valence-electron chi connectivity index (χ4n) is 1.40. The van der Waals surface area contributed by atoms with Gasteiger partial charge in [0.25, 0.3) is 5.69 Å². The Morgan fingerprint density at radius 1 is 1.33 bits per heavy atom. The topological polar surface area (TPSA) is 82.9 Å². The van der Waals surface area contributed by atoms with Crippen molar-refractivity contribution in [3.8, 4) is 5.75 Å². The molecule has 0 aliphatic carbocycles. The summed E-state index contributed by atoms with van der Waals surface area (Å²) >= 11 is 0. The quantitative estimate of drug-likeness (QED) is 0.453. The molecule has 0 unspecified atom stereocenters. The Balaban J connectivity index is 2.87. The van der Waals surface area contributed by atoms with E-state index in [1.54, 1.807) is 6.07 Å². The molecule has 1 N–H and O–H groups in total. The molecule has 0 amide bonds. The first-order valence-corrected chi connectivity index (χ1v) is 5.24. The highest BCUT2D eigenvalue weighted by Gasteiger charge is 2.15. The second-order valence-electron chi connectivity index (χ2n) is 3.42. The molecule has 100 valence electrons. The lowest BCUT2D eigenvalue weighted by Gasteiger charge is -2.15. The maximum absolute atomic E-state index is 10.9. The lowest BCUT2D eigenvalue weighted by atomic mass is 10.2. The first-order chi connectivity index (χ1) is 8.62. The van der Waals surface area contributed by atoms with E-state index >= 15 is 0 Å². The molecule has 0 radical (unpaired) electrons. The third-order valence-electron chi connectivity index (χ3n) is 2.39. The molecule has 1 aromatic carbocycles. The fraction of sp³-hybridized carbons (Fsp3) is 0.455. The number of nitro groups is 1. The van der Waals surface area contributed by atoms with Crippen LogP contribution in [0.5, 0.6) is 5.75 Å². The van der Waals surface area contributed by atoms with E-state index in [1.165, 1.54) is 33.5 Å². The van der Waals surface area contributed by atoms with Crippen molar-refractivity contribution in [2.24, 2.45) is 0 Å². The van der Waals surface area contributed by atoms with E-state index in [1.807, 2.05) is 0 Å². The maximum atomic E-state index is 10.9. The Morgan fingerprint density at radius 3 is 2.50 bits per heavy atom. The van der Waals surface area contributed by atoms with E-state index in [0.717, 1.165) is 0 Å². The number of nitro benzene ring substituents is 1. The van der Waals surface area contributed by atoms with Gasteiger partial charge in [0.05, 0.1) is 18.6 Å².